The second-order valence-corrected chi connectivity index (χ2v) is 4.84. The smallest absolute Gasteiger partial charge is 0.156 e. The standard InChI is InChI=1S/C13H14ClN3/c1-9-6-10(7-14)8-15-13(9)17-5-4-12(16-17)11-2-3-11/h4-6,8,11H,2-3,7H2,1H3. The molecule has 0 saturated heterocycles. The second kappa shape index (κ2) is 4.15. The average Bonchev–Trinajstić information content (AvgIpc) is 3.08. The number of halogens is 1. The minimum atomic E-state index is 0.501. The Balaban J connectivity index is 1.96. The van der Waals surface area contributed by atoms with Gasteiger partial charge in [0.2, 0.25) is 0 Å². The lowest BCUT2D eigenvalue weighted by Gasteiger charge is -2.05. The molecule has 0 unspecified atom stereocenters. The molecule has 1 fully saturated rings. The Labute approximate surface area is 105 Å². The number of pyridine rings is 1. The van der Waals surface area contributed by atoms with Crippen molar-refractivity contribution in [3.05, 3.63) is 41.3 Å². The van der Waals surface area contributed by atoms with Gasteiger partial charge in [0.25, 0.3) is 0 Å². The molecule has 3 rings (SSSR count). The van der Waals surface area contributed by atoms with E-state index in [1.54, 1.807) is 0 Å². The molecule has 1 aliphatic rings. The lowest BCUT2D eigenvalue weighted by atomic mass is 10.2. The average molecular weight is 248 g/mol. The van der Waals surface area contributed by atoms with Gasteiger partial charge in [-0.1, -0.05) is 0 Å². The van der Waals surface area contributed by atoms with Crippen LogP contribution in [0.5, 0.6) is 0 Å². The van der Waals surface area contributed by atoms with Gasteiger partial charge >= 0.3 is 0 Å². The van der Waals surface area contributed by atoms with Crippen LogP contribution in [0.1, 0.15) is 35.6 Å². The molecule has 0 atom stereocenters. The first-order valence-electron chi connectivity index (χ1n) is 5.85. The summed E-state index contributed by atoms with van der Waals surface area (Å²) in [5.41, 5.74) is 3.34. The third-order valence-corrected chi connectivity index (χ3v) is 3.39. The Morgan fingerprint density at radius 3 is 2.94 bits per heavy atom. The molecule has 1 aliphatic carbocycles. The molecule has 17 heavy (non-hydrogen) atoms. The van der Waals surface area contributed by atoms with Crippen molar-refractivity contribution in [1.82, 2.24) is 14.8 Å². The van der Waals surface area contributed by atoms with E-state index in [4.69, 9.17) is 11.6 Å². The van der Waals surface area contributed by atoms with Crippen molar-refractivity contribution < 1.29 is 0 Å². The molecule has 0 spiro atoms. The monoisotopic (exact) mass is 247 g/mol. The molecule has 0 N–H and O–H groups in total. The molecule has 2 aromatic rings. The molecule has 4 heteroatoms. The molecule has 88 valence electrons. The van der Waals surface area contributed by atoms with Gasteiger partial charge in [0.1, 0.15) is 0 Å². The lowest BCUT2D eigenvalue weighted by Crippen LogP contribution is -2.02. The number of rotatable bonds is 3. The molecule has 0 bridgehead atoms. The third-order valence-electron chi connectivity index (χ3n) is 3.08. The predicted molar refractivity (Wildman–Crippen MR) is 67.6 cm³/mol. The Morgan fingerprint density at radius 2 is 2.29 bits per heavy atom. The van der Waals surface area contributed by atoms with Gasteiger partial charge in [-0.15, -0.1) is 11.6 Å². The van der Waals surface area contributed by atoms with Crippen LogP contribution in [0.3, 0.4) is 0 Å². The maximum atomic E-state index is 5.79. The molecule has 0 radical (unpaired) electrons. The zero-order valence-electron chi connectivity index (χ0n) is 9.73. The second-order valence-electron chi connectivity index (χ2n) is 4.58. The van der Waals surface area contributed by atoms with Gasteiger partial charge in [0.05, 0.1) is 5.69 Å². The minimum absolute atomic E-state index is 0.501. The van der Waals surface area contributed by atoms with Crippen LogP contribution in [0.15, 0.2) is 24.5 Å². The first-order valence-corrected chi connectivity index (χ1v) is 6.39. The molecule has 2 aromatic heterocycles. The van der Waals surface area contributed by atoms with E-state index in [1.165, 1.54) is 18.5 Å². The van der Waals surface area contributed by atoms with E-state index in [-0.39, 0.29) is 0 Å². The summed E-state index contributed by atoms with van der Waals surface area (Å²) in [6, 6.07) is 4.15. The molecular formula is C13H14ClN3. The third kappa shape index (κ3) is 2.07. The van der Waals surface area contributed by atoms with Crippen LogP contribution in [-0.2, 0) is 5.88 Å². The maximum Gasteiger partial charge on any atom is 0.156 e. The van der Waals surface area contributed by atoms with E-state index in [1.807, 2.05) is 24.0 Å². The fourth-order valence-electron chi connectivity index (χ4n) is 1.99. The van der Waals surface area contributed by atoms with Gasteiger partial charge in [0, 0.05) is 24.2 Å². The van der Waals surface area contributed by atoms with Crippen LogP contribution in [0, 0.1) is 6.92 Å². The van der Waals surface area contributed by atoms with Crippen molar-refractivity contribution >= 4 is 11.6 Å². The Kier molecular flexibility index (Phi) is 2.63. The largest absolute Gasteiger partial charge is 0.237 e. The molecule has 1 saturated carbocycles. The summed E-state index contributed by atoms with van der Waals surface area (Å²) in [5, 5.41) is 4.58. The fourth-order valence-corrected chi connectivity index (χ4v) is 2.14. The minimum Gasteiger partial charge on any atom is -0.237 e. The van der Waals surface area contributed by atoms with Crippen molar-refractivity contribution in [1.29, 1.82) is 0 Å². The number of aromatic nitrogens is 3. The quantitative estimate of drug-likeness (QED) is 0.780. The Hall–Kier alpha value is -1.35. The maximum absolute atomic E-state index is 5.79. The van der Waals surface area contributed by atoms with E-state index in [0.29, 0.717) is 11.8 Å². The van der Waals surface area contributed by atoms with Crippen molar-refractivity contribution in [2.75, 3.05) is 0 Å². The van der Waals surface area contributed by atoms with E-state index in [9.17, 15) is 0 Å². The van der Waals surface area contributed by atoms with Crippen LogP contribution in [0.25, 0.3) is 5.82 Å². The highest BCUT2D eigenvalue weighted by Gasteiger charge is 2.26. The van der Waals surface area contributed by atoms with Gasteiger partial charge in [-0.2, -0.15) is 5.10 Å². The first kappa shape index (κ1) is 10.8. The molecule has 0 aliphatic heterocycles. The summed E-state index contributed by atoms with van der Waals surface area (Å²) in [6.07, 6.45) is 6.35. The van der Waals surface area contributed by atoms with Crippen LogP contribution in [0.2, 0.25) is 0 Å². The number of alkyl halides is 1. The first-order chi connectivity index (χ1) is 8.28. The SMILES string of the molecule is Cc1cc(CCl)cnc1-n1ccc(C2CC2)n1. The fraction of sp³-hybridized carbons (Fsp3) is 0.385. The molecular weight excluding hydrogens is 234 g/mol. The molecule has 0 aromatic carbocycles. The number of hydrogen-bond donors (Lipinski definition) is 0. The van der Waals surface area contributed by atoms with Crippen molar-refractivity contribution in [3.63, 3.8) is 0 Å². The summed E-state index contributed by atoms with van der Waals surface area (Å²) < 4.78 is 1.86. The van der Waals surface area contributed by atoms with E-state index < -0.39 is 0 Å². The lowest BCUT2D eigenvalue weighted by molar-refractivity contribution is 0.804. The highest BCUT2D eigenvalue weighted by molar-refractivity contribution is 6.17. The zero-order chi connectivity index (χ0) is 11.8. The van der Waals surface area contributed by atoms with Crippen molar-refractivity contribution in [3.8, 4) is 5.82 Å². The van der Waals surface area contributed by atoms with E-state index >= 15 is 0 Å². The van der Waals surface area contributed by atoms with Gasteiger partial charge < -0.3 is 0 Å². The topological polar surface area (TPSA) is 30.7 Å². The number of nitrogens with zero attached hydrogens (tertiary/aromatic N) is 3. The highest BCUT2D eigenvalue weighted by Crippen LogP contribution is 2.39. The molecule has 2 heterocycles. The van der Waals surface area contributed by atoms with E-state index in [2.05, 4.69) is 22.2 Å². The van der Waals surface area contributed by atoms with E-state index in [0.717, 1.165) is 16.9 Å². The summed E-state index contributed by atoms with van der Waals surface area (Å²) in [7, 11) is 0. The number of hydrogen-bond acceptors (Lipinski definition) is 2. The van der Waals surface area contributed by atoms with Gasteiger partial charge in [-0.25, -0.2) is 9.67 Å². The predicted octanol–water partition coefficient (Wildman–Crippen LogP) is 3.19. The summed E-state index contributed by atoms with van der Waals surface area (Å²) in [4.78, 5) is 4.43. The summed E-state index contributed by atoms with van der Waals surface area (Å²) in [5.74, 6) is 2.07. The van der Waals surface area contributed by atoms with Crippen LogP contribution in [0.4, 0.5) is 0 Å². The number of aryl methyl sites for hydroxylation is 1. The van der Waals surface area contributed by atoms with Crippen LogP contribution >= 0.6 is 11.6 Å². The van der Waals surface area contributed by atoms with Crippen molar-refractivity contribution in [2.45, 2.75) is 31.6 Å². The van der Waals surface area contributed by atoms with Gasteiger partial charge in [-0.05, 0) is 43.0 Å². The summed E-state index contributed by atoms with van der Waals surface area (Å²) in [6.45, 7) is 2.04. The van der Waals surface area contributed by atoms with Gasteiger partial charge in [0.15, 0.2) is 5.82 Å². The Bertz CT molecular complexity index is 543. The van der Waals surface area contributed by atoms with Crippen molar-refractivity contribution in [2.24, 2.45) is 0 Å². The van der Waals surface area contributed by atoms with Crippen LogP contribution in [-0.4, -0.2) is 14.8 Å². The van der Waals surface area contributed by atoms with Crippen LogP contribution < -0.4 is 0 Å². The Morgan fingerprint density at radius 1 is 1.47 bits per heavy atom. The molecule has 3 nitrogen and oxygen atoms in total. The molecule has 0 amide bonds. The zero-order valence-corrected chi connectivity index (χ0v) is 10.5. The summed E-state index contributed by atoms with van der Waals surface area (Å²) >= 11 is 5.79. The highest BCUT2D eigenvalue weighted by atomic mass is 35.5. The normalized spacial score (nSPS) is 15.2. The van der Waals surface area contributed by atoms with Gasteiger partial charge in [-0.3, -0.25) is 0 Å².